The second-order valence-electron chi connectivity index (χ2n) is 7.12. The summed E-state index contributed by atoms with van der Waals surface area (Å²) in [6.07, 6.45) is 7.51. The van der Waals surface area contributed by atoms with Crippen LogP contribution < -0.4 is 4.90 Å². The van der Waals surface area contributed by atoms with Gasteiger partial charge in [-0.05, 0) is 62.6 Å². The third-order valence-electron chi connectivity index (χ3n) is 5.04. The number of carbonyl (C=O) groups excluding carboxylic acids is 2. The first-order valence-electron chi connectivity index (χ1n) is 9.63. The fourth-order valence-electron chi connectivity index (χ4n) is 3.47. The molecule has 144 valence electrons. The van der Waals surface area contributed by atoms with Gasteiger partial charge in [-0.1, -0.05) is 0 Å². The fourth-order valence-corrected chi connectivity index (χ4v) is 4.30. The lowest BCUT2D eigenvalue weighted by atomic mass is 10.1. The number of carbonyl (C=O) groups is 2. The molecule has 3 heterocycles. The number of Topliss-reactive ketones (excluding diaryl/α,β-unsaturated/α-hetero) is 1. The molecule has 0 atom stereocenters. The molecular weight excluding hydrogens is 370 g/mol. The highest BCUT2D eigenvalue weighted by molar-refractivity contribution is 7.14. The molecule has 0 spiro atoms. The average molecular weight is 394 g/mol. The van der Waals surface area contributed by atoms with Gasteiger partial charge in [-0.25, -0.2) is 4.98 Å². The number of aromatic nitrogens is 2. The number of piperidine rings is 1. The van der Waals surface area contributed by atoms with Crippen LogP contribution in [0.5, 0.6) is 0 Å². The summed E-state index contributed by atoms with van der Waals surface area (Å²) >= 11 is 1.54. The molecule has 1 fully saturated rings. The molecule has 0 aliphatic carbocycles. The fraction of sp³-hybridized carbons (Fsp3) is 0.318. The van der Waals surface area contributed by atoms with Crippen LogP contribution in [0.4, 0.5) is 5.69 Å². The molecule has 1 aromatic carbocycles. The number of anilines is 1. The van der Waals surface area contributed by atoms with Gasteiger partial charge in [-0.15, -0.1) is 11.3 Å². The summed E-state index contributed by atoms with van der Waals surface area (Å²) in [5, 5.41) is 0. The van der Waals surface area contributed by atoms with Gasteiger partial charge in [0, 0.05) is 41.8 Å². The van der Waals surface area contributed by atoms with Crippen molar-refractivity contribution in [2.75, 3.05) is 11.4 Å². The van der Waals surface area contributed by atoms with E-state index in [9.17, 15) is 9.59 Å². The number of hydrogen-bond donors (Lipinski definition) is 0. The Morgan fingerprint density at radius 3 is 2.61 bits per heavy atom. The van der Waals surface area contributed by atoms with Gasteiger partial charge in [-0.3, -0.25) is 9.59 Å². The van der Waals surface area contributed by atoms with E-state index in [2.05, 4.69) is 4.98 Å². The number of benzene rings is 1. The van der Waals surface area contributed by atoms with Gasteiger partial charge < -0.3 is 9.47 Å². The minimum Gasteiger partial charge on any atom is -0.312 e. The standard InChI is InChI=1S/C22H23N3O2S/c1-16-5-12-21(28-16)20(26)11-6-17-14-24(15-23-17)18-7-9-19(10-8-18)25-13-3-2-4-22(25)27/h5,7-10,12,14-15H,2-4,6,11,13H2,1H3. The monoisotopic (exact) mass is 393 g/mol. The zero-order valence-corrected chi connectivity index (χ0v) is 16.7. The first kappa shape index (κ1) is 18.6. The number of thiophene rings is 1. The molecule has 6 heteroatoms. The summed E-state index contributed by atoms with van der Waals surface area (Å²) in [5.41, 5.74) is 2.84. The summed E-state index contributed by atoms with van der Waals surface area (Å²) in [6.45, 7) is 2.81. The largest absolute Gasteiger partial charge is 0.312 e. The van der Waals surface area contributed by atoms with Gasteiger partial charge in [0.05, 0.1) is 16.9 Å². The normalized spacial score (nSPS) is 14.5. The van der Waals surface area contributed by atoms with Crippen molar-refractivity contribution in [1.29, 1.82) is 0 Å². The number of aryl methyl sites for hydroxylation is 2. The maximum atomic E-state index is 12.3. The van der Waals surface area contributed by atoms with Gasteiger partial charge in [0.2, 0.25) is 5.91 Å². The average Bonchev–Trinajstić information content (AvgIpc) is 3.36. The van der Waals surface area contributed by atoms with E-state index >= 15 is 0 Å². The Morgan fingerprint density at radius 2 is 1.89 bits per heavy atom. The number of nitrogens with zero attached hydrogens (tertiary/aromatic N) is 3. The quantitative estimate of drug-likeness (QED) is 0.576. The van der Waals surface area contributed by atoms with Crippen LogP contribution in [0.2, 0.25) is 0 Å². The Hall–Kier alpha value is -2.73. The Balaban J connectivity index is 1.39. The van der Waals surface area contributed by atoms with E-state index in [1.165, 1.54) is 0 Å². The molecule has 0 radical (unpaired) electrons. The highest BCUT2D eigenvalue weighted by atomic mass is 32.1. The van der Waals surface area contributed by atoms with Gasteiger partial charge in [-0.2, -0.15) is 0 Å². The smallest absolute Gasteiger partial charge is 0.226 e. The molecular formula is C22H23N3O2S. The van der Waals surface area contributed by atoms with Crippen LogP contribution in [0.3, 0.4) is 0 Å². The van der Waals surface area contributed by atoms with E-state index in [4.69, 9.17) is 0 Å². The first-order valence-corrected chi connectivity index (χ1v) is 10.4. The van der Waals surface area contributed by atoms with E-state index in [1.807, 2.05) is 59.0 Å². The van der Waals surface area contributed by atoms with Crippen molar-refractivity contribution in [3.63, 3.8) is 0 Å². The van der Waals surface area contributed by atoms with E-state index in [1.54, 1.807) is 17.7 Å². The van der Waals surface area contributed by atoms with E-state index < -0.39 is 0 Å². The minimum atomic E-state index is 0.170. The lowest BCUT2D eigenvalue weighted by Gasteiger charge is -2.26. The Kier molecular flexibility index (Phi) is 5.39. The van der Waals surface area contributed by atoms with Gasteiger partial charge in [0.1, 0.15) is 0 Å². The third kappa shape index (κ3) is 4.07. The second kappa shape index (κ2) is 8.10. The molecule has 1 saturated heterocycles. The number of hydrogen-bond acceptors (Lipinski definition) is 4. The molecule has 1 amide bonds. The Morgan fingerprint density at radius 1 is 1.11 bits per heavy atom. The molecule has 4 rings (SSSR count). The molecule has 2 aromatic heterocycles. The van der Waals surface area contributed by atoms with Crippen molar-refractivity contribution < 1.29 is 9.59 Å². The van der Waals surface area contributed by atoms with Crippen LogP contribution >= 0.6 is 11.3 Å². The molecule has 1 aliphatic rings. The Labute approximate surface area is 168 Å². The number of imidazole rings is 1. The molecule has 3 aromatic rings. The molecule has 1 aliphatic heterocycles. The van der Waals surface area contributed by atoms with Crippen molar-refractivity contribution in [2.24, 2.45) is 0 Å². The summed E-state index contributed by atoms with van der Waals surface area (Å²) in [5.74, 6) is 0.373. The lowest BCUT2D eigenvalue weighted by molar-refractivity contribution is -0.119. The summed E-state index contributed by atoms with van der Waals surface area (Å²) in [7, 11) is 0. The second-order valence-corrected chi connectivity index (χ2v) is 8.41. The van der Waals surface area contributed by atoms with Gasteiger partial charge in [0.15, 0.2) is 5.78 Å². The predicted molar refractivity (Wildman–Crippen MR) is 111 cm³/mol. The zero-order valence-electron chi connectivity index (χ0n) is 15.9. The van der Waals surface area contributed by atoms with Crippen LogP contribution in [-0.4, -0.2) is 27.8 Å². The first-order chi connectivity index (χ1) is 13.6. The van der Waals surface area contributed by atoms with Gasteiger partial charge in [0.25, 0.3) is 0 Å². The van der Waals surface area contributed by atoms with E-state index in [-0.39, 0.29) is 11.7 Å². The van der Waals surface area contributed by atoms with Crippen molar-refractivity contribution in [1.82, 2.24) is 9.55 Å². The number of ketones is 1. The predicted octanol–water partition coefficient (Wildman–Crippen LogP) is 4.57. The topological polar surface area (TPSA) is 55.2 Å². The molecule has 5 nitrogen and oxygen atoms in total. The number of rotatable bonds is 6. The summed E-state index contributed by atoms with van der Waals surface area (Å²) < 4.78 is 1.96. The zero-order chi connectivity index (χ0) is 19.5. The SMILES string of the molecule is Cc1ccc(C(=O)CCc2cn(-c3ccc(N4CCCCC4=O)cc3)cn2)s1. The number of amides is 1. The van der Waals surface area contributed by atoms with Crippen LogP contribution in [0.15, 0.2) is 48.9 Å². The van der Waals surface area contributed by atoms with E-state index in [0.29, 0.717) is 19.3 Å². The van der Waals surface area contributed by atoms with Gasteiger partial charge >= 0.3 is 0 Å². The minimum absolute atomic E-state index is 0.170. The van der Waals surface area contributed by atoms with Crippen LogP contribution in [0, 0.1) is 6.92 Å². The maximum Gasteiger partial charge on any atom is 0.226 e. The summed E-state index contributed by atoms with van der Waals surface area (Å²) in [4.78, 5) is 32.6. The van der Waals surface area contributed by atoms with Crippen molar-refractivity contribution >= 4 is 28.7 Å². The third-order valence-corrected chi connectivity index (χ3v) is 6.08. The van der Waals surface area contributed by atoms with Crippen molar-refractivity contribution in [3.8, 4) is 5.69 Å². The van der Waals surface area contributed by atoms with Crippen molar-refractivity contribution in [2.45, 2.75) is 39.0 Å². The van der Waals surface area contributed by atoms with Crippen molar-refractivity contribution in [3.05, 3.63) is 64.4 Å². The molecule has 0 bridgehead atoms. The molecule has 0 N–H and O–H groups in total. The molecule has 28 heavy (non-hydrogen) atoms. The van der Waals surface area contributed by atoms with Crippen LogP contribution in [-0.2, 0) is 11.2 Å². The lowest BCUT2D eigenvalue weighted by Crippen LogP contribution is -2.35. The molecule has 0 saturated carbocycles. The van der Waals surface area contributed by atoms with Crippen LogP contribution in [0.1, 0.15) is 45.9 Å². The Bertz CT molecular complexity index is 987. The highest BCUT2D eigenvalue weighted by Gasteiger charge is 2.19. The summed E-state index contributed by atoms with van der Waals surface area (Å²) in [6, 6.07) is 11.9. The maximum absolute atomic E-state index is 12.3. The van der Waals surface area contributed by atoms with Crippen LogP contribution in [0.25, 0.3) is 5.69 Å². The highest BCUT2D eigenvalue weighted by Crippen LogP contribution is 2.23. The molecule has 0 unspecified atom stereocenters. The van der Waals surface area contributed by atoms with E-state index in [0.717, 1.165) is 46.2 Å².